The average molecular weight is 801 g/mol. The molecule has 8 rings (SSSR count). The molecule has 2 aliphatic heterocycles. The lowest BCUT2D eigenvalue weighted by Gasteiger charge is -2.23. The SMILES string of the molecule is Cc1nnc(-c2ccc(Oc3cccc(OBOc4cccc(Oc5ccc(-c6nnc(C)s6)cc5)c4CN4CC(C)CC4=O)c3CN3CC(C)CC3=O)cc2)s1. The van der Waals surface area contributed by atoms with Crippen molar-refractivity contribution in [3.8, 4) is 55.6 Å². The van der Waals surface area contributed by atoms with Gasteiger partial charge >= 0.3 is 7.69 Å². The first-order valence-electron chi connectivity index (χ1n) is 18.9. The minimum Gasteiger partial charge on any atom is -0.528 e. The Hall–Kier alpha value is -5.80. The standard InChI is InChI=1S/C42H41BN6O6S2/c1-25-19-39(50)48(21-25)23-33-35(52-31-15-11-29(12-16-31)41-46-44-27(3)56-41)7-5-9-37(33)54-43-55-38-10-6-8-36(34(38)24-49-22-26(2)20-40(49)51)53-32-17-13-30(14-18-32)42-47-45-28(4)57-42/h5-18,25-26,43H,19-24H2,1-4H3. The van der Waals surface area contributed by atoms with E-state index in [1.807, 2.05) is 109 Å². The highest BCUT2D eigenvalue weighted by atomic mass is 32.1. The van der Waals surface area contributed by atoms with Crippen molar-refractivity contribution in [3.63, 3.8) is 0 Å². The predicted molar refractivity (Wildman–Crippen MR) is 220 cm³/mol. The Morgan fingerprint density at radius 3 is 1.35 bits per heavy atom. The molecule has 2 unspecified atom stereocenters. The lowest BCUT2D eigenvalue weighted by Crippen LogP contribution is -2.26. The van der Waals surface area contributed by atoms with E-state index in [9.17, 15) is 9.59 Å². The van der Waals surface area contributed by atoms with Crippen LogP contribution in [0.5, 0.6) is 34.5 Å². The van der Waals surface area contributed by atoms with Crippen molar-refractivity contribution in [2.75, 3.05) is 13.1 Å². The number of hydrogen-bond acceptors (Lipinski definition) is 12. The van der Waals surface area contributed by atoms with Gasteiger partial charge in [-0.25, -0.2) is 0 Å². The smallest absolute Gasteiger partial charge is 0.528 e. The van der Waals surface area contributed by atoms with Gasteiger partial charge in [-0.1, -0.05) is 48.7 Å². The van der Waals surface area contributed by atoms with Gasteiger partial charge in [-0.3, -0.25) is 9.59 Å². The largest absolute Gasteiger partial charge is 0.576 e. The van der Waals surface area contributed by atoms with E-state index >= 15 is 0 Å². The number of benzene rings is 4. The summed E-state index contributed by atoms with van der Waals surface area (Å²) in [4.78, 5) is 29.6. The van der Waals surface area contributed by atoms with Crippen LogP contribution in [0.4, 0.5) is 0 Å². The topological polar surface area (TPSA) is 129 Å². The highest BCUT2D eigenvalue weighted by Gasteiger charge is 2.30. The third-order valence-corrected chi connectivity index (χ3v) is 11.6. The molecule has 0 spiro atoms. The van der Waals surface area contributed by atoms with E-state index in [0.717, 1.165) is 42.3 Å². The minimum atomic E-state index is -0.145. The third kappa shape index (κ3) is 8.94. The van der Waals surface area contributed by atoms with Crippen LogP contribution in [-0.2, 0) is 22.7 Å². The normalized spacial score (nSPS) is 16.6. The summed E-state index contributed by atoms with van der Waals surface area (Å²) in [5.74, 6) is 4.17. The summed E-state index contributed by atoms with van der Waals surface area (Å²) in [6.45, 7) is 9.94. The molecular formula is C42H41BN6O6S2. The molecule has 15 heteroatoms. The fraction of sp³-hybridized carbons (Fsp3) is 0.286. The second-order valence-corrected chi connectivity index (χ2v) is 16.9. The van der Waals surface area contributed by atoms with Crippen LogP contribution in [0.25, 0.3) is 21.1 Å². The Balaban J connectivity index is 1.03. The van der Waals surface area contributed by atoms with Gasteiger partial charge in [0.1, 0.15) is 54.5 Å². The summed E-state index contributed by atoms with van der Waals surface area (Å²) in [5.41, 5.74) is 3.37. The fourth-order valence-electron chi connectivity index (χ4n) is 7.06. The first-order chi connectivity index (χ1) is 27.6. The number of hydrogen-bond donors (Lipinski definition) is 0. The number of carbonyl (C=O) groups excluding carboxylic acids is 2. The Labute approximate surface area is 339 Å². The van der Waals surface area contributed by atoms with E-state index in [1.54, 1.807) is 0 Å². The van der Waals surface area contributed by atoms with Crippen molar-refractivity contribution in [2.24, 2.45) is 11.8 Å². The van der Waals surface area contributed by atoms with Crippen molar-refractivity contribution in [3.05, 3.63) is 106 Å². The molecule has 6 aromatic rings. The highest BCUT2D eigenvalue weighted by molar-refractivity contribution is 7.14. The van der Waals surface area contributed by atoms with Gasteiger partial charge in [0.25, 0.3) is 0 Å². The van der Waals surface area contributed by atoms with E-state index in [4.69, 9.17) is 18.8 Å². The maximum atomic E-state index is 13.0. The molecule has 0 aliphatic carbocycles. The monoisotopic (exact) mass is 800 g/mol. The van der Waals surface area contributed by atoms with Gasteiger partial charge in [-0.2, -0.15) is 0 Å². The average Bonchev–Trinajstić information content (AvgIpc) is 3.98. The van der Waals surface area contributed by atoms with Gasteiger partial charge in [-0.05, 0) is 98.5 Å². The molecule has 2 amide bonds. The van der Waals surface area contributed by atoms with Crippen LogP contribution >= 0.6 is 22.7 Å². The molecule has 290 valence electrons. The summed E-state index contributed by atoms with van der Waals surface area (Å²) in [7, 11) is -0.145. The van der Waals surface area contributed by atoms with Gasteiger partial charge in [0.15, 0.2) is 0 Å². The number of carbonyl (C=O) groups is 2. The lowest BCUT2D eigenvalue weighted by atomic mass is 10.1. The number of aromatic nitrogens is 4. The lowest BCUT2D eigenvalue weighted by molar-refractivity contribution is -0.129. The van der Waals surface area contributed by atoms with E-state index in [0.29, 0.717) is 73.5 Å². The number of ether oxygens (including phenoxy) is 2. The van der Waals surface area contributed by atoms with Gasteiger partial charge in [-0.15, -0.1) is 20.4 Å². The zero-order valence-electron chi connectivity index (χ0n) is 32.1. The molecule has 57 heavy (non-hydrogen) atoms. The zero-order chi connectivity index (χ0) is 39.5. The molecule has 0 saturated carbocycles. The first-order valence-corrected chi connectivity index (χ1v) is 20.5. The zero-order valence-corrected chi connectivity index (χ0v) is 33.8. The van der Waals surface area contributed by atoms with Crippen molar-refractivity contribution in [2.45, 2.75) is 53.6 Å². The molecule has 2 fully saturated rings. The fourth-order valence-corrected chi connectivity index (χ4v) is 8.45. The predicted octanol–water partition coefficient (Wildman–Crippen LogP) is 8.39. The molecule has 4 heterocycles. The van der Waals surface area contributed by atoms with E-state index in [1.165, 1.54) is 22.7 Å². The second-order valence-electron chi connectivity index (χ2n) is 14.5. The number of nitrogens with zero attached hydrogens (tertiary/aromatic N) is 6. The maximum absolute atomic E-state index is 13.0. The van der Waals surface area contributed by atoms with Crippen LogP contribution < -0.4 is 18.8 Å². The van der Waals surface area contributed by atoms with Gasteiger partial charge < -0.3 is 28.6 Å². The highest BCUT2D eigenvalue weighted by Crippen LogP contribution is 2.38. The number of rotatable bonds is 14. The summed E-state index contributed by atoms with van der Waals surface area (Å²) in [6.07, 6.45) is 1.00. The Kier molecular flexibility index (Phi) is 11.2. The third-order valence-electron chi connectivity index (χ3n) is 9.83. The number of amides is 2. The molecular weight excluding hydrogens is 759 g/mol. The molecule has 0 N–H and O–H groups in total. The Bertz CT molecular complexity index is 2220. The number of likely N-dealkylation sites (tertiary alicyclic amines) is 2. The molecule has 0 bridgehead atoms. The second kappa shape index (κ2) is 16.7. The van der Waals surface area contributed by atoms with Gasteiger partial charge in [0, 0.05) is 37.1 Å². The Morgan fingerprint density at radius 1 is 0.596 bits per heavy atom. The molecule has 4 aromatic carbocycles. The van der Waals surface area contributed by atoms with Crippen LogP contribution in [0, 0.1) is 25.7 Å². The molecule has 2 atom stereocenters. The van der Waals surface area contributed by atoms with Gasteiger partial charge in [0.2, 0.25) is 11.8 Å². The van der Waals surface area contributed by atoms with Crippen molar-refractivity contribution in [1.82, 2.24) is 30.2 Å². The molecule has 12 nitrogen and oxygen atoms in total. The van der Waals surface area contributed by atoms with Crippen molar-refractivity contribution < 1.29 is 28.4 Å². The van der Waals surface area contributed by atoms with Gasteiger partial charge in [0.05, 0.1) is 24.2 Å². The maximum Gasteiger partial charge on any atom is 0.576 e. The number of aryl methyl sites for hydroxylation is 2. The van der Waals surface area contributed by atoms with Crippen molar-refractivity contribution >= 4 is 42.2 Å². The van der Waals surface area contributed by atoms with E-state index in [2.05, 4.69) is 34.2 Å². The summed E-state index contributed by atoms with van der Waals surface area (Å²) < 4.78 is 25.6. The molecule has 2 aromatic heterocycles. The van der Waals surface area contributed by atoms with Crippen LogP contribution in [0.15, 0.2) is 84.9 Å². The van der Waals surface area contributed by atoms with Crippen molar-refractivity contribution in [1.29, 1.82) is 0 Å². The molecule has 2 saturated heterocycles. The first kappa shape index (κ1) is 38.1. The molecule has 0 radical (unpaired) electrons. The minimum absolute atomic E-state index is 0.0911. The molecule has 2 aliphatic rings. The van der Waals surface area contributed by atoms with Crippen LogP contribution in [0.1, 0.15) is 47.8 Å². The summed E-state index contributed by atoms with van der Waals surface area (Å²) >= 11 is 3.06. The van der Waals surface area contributed by atoms with E-state index < -0.39 is 0 Å². The van der Waals surface area contributed by atoms with Crippen LogP contribution in [-0.4, -0.2) is 62.8 Å². The van der Waals surface area contributed by atoms with Crippen LogP contribution in [0.2, 0.25) is 0 Å². The quantitative estimate of drug-likeness (QED) is 0.0991. The Morgan fingerprint density at radius 2 is 1.00 bits per heavy atom. The van der Waals surface area contributed by atoms with Crippen LogP contribution in [0.3, 0.4) is 0 Å². The summed E-state index contributed by atoms with van der Waals surface area (Å²) in [5, 5.41) is 20.3. The summed E-state index contributed by atoms with van der Waals surface area (Å²) in [6, 6.07) is 26.6. The van der Waals surface area contributed by atoms with E-state index in [-0.39, 0.29) is 31.3 Å².